The lowest BCUT2D eigenvalue weighted by Crippen LogP contribution is -2.57. The summed E-state index contributed by atoms with van der Waals surface area (Å²) in [5.41, 5.74) is 2.07. The van der Waals surface area contributed by atoms with Crippen molar-refractivity contribution in [1.82, 2.24) is 5.32 Å². The Hall–Kier alpha value is -3.79. The van der Waals surface area contributed by atoms with Crippen LogP contribution < -0.4 is 15.4 Å². The maximum Gasteiger partial charge on any atom is 0.238 e. The molecule has 6 nitrogen and oxygen atoms in total. The number of carbonyl (C=O) groups is 3. The van der Waals surface area contributed by atoms with Crippen LogP contribution >= 0.6 is 23.2 Å². The van der Waals surface area contributed by atoms with Crippen LogP contribution in [0.5, 0.6) is 5.75 Å². The van der Waals surface area contributed by atoms with E-state index in [4.69, 9.17) is 34.4 Å². The van der Waals surface area contributed by atoms with Crippen molar-refractivity contribution in [3.8, 4) is 18.1 Å². The van der Waals surface area contributed by atoms with Gasteiger partial charge in [-0.25, -0.2) is 0 Å². The molecule has 1 saturated carbocycles. The molecule has 6 rings (SSSR count). The number of hydrogen-bond acceptors (Lipinski definition) is 4. The van der Waals surface area contributed by atoms with Gasteiger partial charge in [0, 0.05) is 45.1 Å². The third kappa shape index (κ3) is 4.85. The minimum atomic E-state index is -1.25. The third-order valence-electron chi connectivity index (χ3n) is 9.03. The maximum atomic E-state index is 14.4. The van der Waals surface area contributed by atoms with Gasteiger partial charge < -0.3 is 15.4 Å². The van der Waals surface area contributed by atoms with Crippen molar-refractivity contribution >= 4 is 46.5 Å². The molecule has 214 valence electrons. The number of carbonyl (C=O) groups excluding carboxylic acids is 3. The fourth-order valence-corrected chi connectivity index (χ4v) is 7.38. The number of anilines is 1. The van der Waals surface area contributed by atoms with Gasteiger partial charge in [-0.3, -0.25) is 14.4 Å². The molecule has 0 radical (unpaired) electrons. The molecule has 2 amide bonds. The lowest BCUT2D eigenvalue weighted by atomic mass is 9.59. The number of benzene rings is 3. The second-order valence-electron chi connectivity index (χ2n) is 11.4. The molecule has 1 saturated heterocycles. The van der Waals surface area contributed by atoms with Gasteiger partial charge in [0.05, 0.1) is 12.1 Å². The molecular weight excluding hydrogens is 571 g/mol. The van der Waals surface area contributed by atoms with E-state index in [-0.39, 0.29) is 36.0 Å². The first-order chi connectivity index (χ1) is 20.2. The number of terminal acetylenes is 1. The molecule has 2 aliphatic heterocycles. The number of rotatable bonds is 5. The van der Waals surface area contributed by atoms with Crippen molar-refractivity contribution in [3.05, 3.63) is 93.0 Å². The van der Waals surface area contributed by atoms with E-state index < -0.39 is 17.4 Å². The molecule has 0 aromatic heterocycles. The smallest absolute Gasteiger partial charge is 0.238 e. The zero-order valence-corrected chi connectivity index (χ0v) is 24.6. The van der Waals surface area contributed by atoms with Gasteiger partial charge in [0.1, 0.15) is 16.9 Å². The van der Waals surface area contributed by atoms with E-state index in [1.54, 1.807) is 31.2 Å². The second-order valence-corrected chi connectivity index (χ2v) is 12.3. The van der Waals surface area contributed by atoms with Crippen LogP contribution in [0.1, 0.15) is 73.2 Å². The first-order valence-corrected chi connectivity index (χ1v) is 14.9. The first kappa shape index (κ1) is 28.3. The number of piperidine rings is 1. The largest absolute Gasteiger partial charge is 0.490 e. The molecule has 3 aliphatic rings. The Morgan fingerprint density at radius 2 is 1.76 bits per heavy atom. The van der Waals surface area contributed by atoms with Crippen LogP contribution in [0.3, 0.4) is 0 Å². The summed E-state index contributed by atoms with van der Waals surface area (Å²) >= 11 is 12.8. The highest BCUT2D eigenvalue weighted by atomic mass is 35.5. The van der Waals surface area contributed by atoms with E-state index in [2.05, 4.69) is 16.6 Å². The van der Waals surface area contributed by atoms with Crippen molar-refractivity contribution in [3.63, 3.8) is 0 Å². The van der Waals surface area contributed by atoms with Crippen LogP contribution in [0, 0.1) is 18.3 Å². The van der Waals surface area contributed by atoms with Gasteiger partial charge >= 0.3 is 0 Å². The number of nitrogens with one attached hydrogen (secondary N) is 2. The first-order valence-electron chi connectivity index (χ1n) is 14.1. The second kappa shape index (κ2) is 11.1. The fourth-order valence-electron chi connectivity index (χ4n) is 7.01. The Morgan fingerprint density at radius 1 is 1.00 bits per heavy atom. The normalized spacial score (nSPS) is 26.6. The summed E-state index contributed by atoms with van der Waals surface area (Å²) in [5, 5.41) is 7.21. The van der Waals surface area contributed by atoms with Crippen molar-refractivity contribution in [2.75, 3.05) is 5.32 Å². The summed E-state index contributed by atoms with van der Waals surface area (Å²) in [5.74, 6) is 2.49. The van der Waals surface area contributed by atoms with Crippen LogP contribution in [0.25, 0.3) is 0 Å². The summed E-state index contributed by atoms with van der Waals surface area (Å²) in [4.78, 5) is 39.8. The number of halogens is 2. The topological polar surface area (TPSA) is 84.5 Å². The Labute approximate surface area is 255 Å². The summed E-state index contributed by atoms with van der Waals surface area (Å²) in [6.45, 7) is 1.64. The van der Waals surface area contributed by atoms with E-state index in [9.17, 15) is 14.4 Å². The zero-order valence-electron chi connectivity index (χ0n) is 23.1. The molecule has 2 heterocycles. The molecule has 1 aliphatic carbocycles. The van der Waals surface area contributed by atoms with Crippen molar-refractivity contribution in [1.29, 1.82) is 0 Å². The van der Waals surface area contributed by atoms with E-state index in [0.29, 0.717) is 32.6 Å². The molecule has 3 aromatic rings. The molecule has 3 atom stereocenters. The Morgan fingerprint density at radius 3 is 2.48 bits per heavy atom. The summed E-state index contributed by atoms with van der Waals surface area (Å²) in [7, 11) is 0. The van der Waals surface area contributed by atoms with Crippen LogP contribution in [-0.2, 0) is 19.8 Å². The lowest BCUT2D eigenvalue weighted by Gasteiger charge is -2.47. The number of Topliss-reactive ketones (excluding diaryl/α,β-unsaturated/α-hetero) is 1. The minimum absolute atomic E-state index is 0.0537. The number of ether oxygens (including phenoxy) is 1. The van der Waals surface area contributed by atoms with Crippen LogP contribution in [0.4, 0.5) is 5.69 Å². The highest BCUT2D eigenvalue weighted by Gasteiger charge is 2.61. The Bertz CT molecular complexity index is 1640. The van der Waals surface area contributed by atoms with Crippen molar-refractivity contribution in [2.45, 2.75) is 62.5 Å². The minimum Gasteiger partial charge on any atom is -0.490 e. The maximum absolute atomic E-state index is 14.4. The molecule has 42 heavy (non-hydrogen) atoms. The molecule has 8 heteroatoms. The molecule has 2 N–H and O–H groups in total. The molecule has 1 spiro atoms. The predicted octanol–water partition coefficient (Wildman–Crippen LogP) is 6.74. The number of fused-ring (bicyclic) bond motifs is 2. The van der Waals surface area contributed by atoms with Crippen molar-refractivity contribution < 1.29 is 19.1 Å². The summed E-state index contributed by atoms with van der Waals surface area (Å²) in [6, 6.07) is 17.3. The number of hydrogen-bond donors (Lipinski definition) is 2. The monoisotopic (exact) mass is 600 g/mol. The number of amides is 2. The van der Waals surface area contributed by atoms with Crippen LogP contribution in [-0.4, -0.2) is 23.7 Å². The summed E-state index contributed by atoms with van der Waals surface area (Å²) in [6.07, 6.45) is 8.78. The molecule has 2 fully saturated rings. The van der Waals surface area contributed by atoms with E-state index >= 15 is 0 Å². The fraction of sp³-hybridized carbons (Fsp3) is 0.324. The Balaban J connectivity index is 1.52. The zero-order chi connectivity index (χ0) is 29.6. The quantitative estimate of drug-likeness (QED) is 0.318. The SMILES string of the molecule is C#Cc1ccc(OC2CCC(C(C)=O)CC2)c([C@H]2NC(=O)C[C@@H](c3cccc(Cl)c3)[C@]23C(=O)Nc2cc(Cl)ccc23)c1. The van der Waals surface area contributed by atoms with Crippen molar-refractivity contribution in [2.24, 2.45) is 5.92 Å². The third-order valence-corrected chi connectivity index (χ3v) is 9.50. The van der Waals surface area contributed by atoms with Gasteiger partial charge in [-0.1, -0.05) is 47.3 Å². The van der Waals surface area contributed by atoms with Crippen LogP contribution in [0.2, 0.25) is 10.0 Å². The van der Waals surface area contributed by atoms with Gasteiger partial charge in [-0.15, -0.1) is 6.42 Å². The van der Waals surface area contributed by atoms with E-state index in [0.717, 1.165) is 36.8 Å². The molecular formula is C34H30Cl2N2O4. The Kier molecular flexibility index (Phi) is 7.51. The molecule has 0 bridgehead atoms. The summed E-state index contributed by atoms with van der Waals surface area (Å²) < 4.78 is 6.60. The number of ketones is 1. The predicted molar refractivity (Wildman–Crippen MR) is 163 cm³/mol. The van der Waals surface area contributed by atoms with Gasteiger partial charge in [-0.2, -0.15) is 0 Å². The lowest BCUT2D eigenvalue weighted by molar-refractivity contribution is -0.131. The van der Waals surface area contributed by atoms with Gasteiger partial charge in [-0.05, 0) is 86.2 Å². The van der Waals surface area contributed by atoms with Gasteiger partial charge in [0.25, 0.3) is 0 Å². The van der Waals surface area contributed by atoms with Crippen LogP contribution in [0.15, 0.2) is 60.7 Å². The van der Waals surface area contributed by atoms with E-state index in [1.807, 2.05) is 36.4 Å². The molecule has 3 aromatic carbocycles. The van der Waals surface area contributed by atoms with Gasteiger partial charge in [0.15, 0.2) is 0 Å². The highest BCUT2D eigenvalue weighted by molar-refractivity contribution is 6.31. The average molecular weight is 602 g/mol. The average Bonchev–Trinajstić information content (AvgIpc) is 3.25. The highest BCUT2D eigenvalue weighted by Crippen LogP contribution is 2.58. The molecule has 0 unspecified atom stereocenters. The standard InChI is InChI=1S/C34H30Cl2N2O4/c1-3-20-7-14-30(42-25-11-8-21(9-12-25)19(2)39)26(15-20)32-34(27-13-10-24(36)17-29(27)37-33(34)41)28(18-31(40)38-32)22-5-4-6-23(35)16-22/h1,4-7,10,13-17,21,25,28,32H,8-9,11-12,18H2,2H3,(H,37,41)(H,38,40)/t21?,25?,28-,32+,34-/m0/s1. The van der Waals surface area contributed by atoms with Gasteiger partial charge in [0.2, 0.25) is 11.8 Å². The van der Waals surface area contributed by atoms with E-state index in [1.165, 1.54) is 0 Å².